The molecule has 2 aromatic carbocycles. The Bertz CT molecular complexity index is 1090. The molecule has 3 aromatic rings. The maximum Gasteiger partial charge on any atom is 0.433 e. The SMILES string of the molecule is COc1cc(NC(=O)c2ccccc2Nc2ccnc(C(F)(F)F)c2)cc(OC)c1OC. The van der Waals surface area contributed by atoms with Crippen LogP contribution in [0.15, 0.2) is 54.7 Å². The number of hydrogen-bond donors (Lipinski definition) is 2. The largest absolute Gasteiger partial charge is 0.493 e. The lowest BCUT2D eigenvalue weighted by Crippen LogP contribution is -2.14. The van der Waals surface area contributed by atoms with E-state index in [0.29, 0.717) is 28.6 Å². The minimum atomic E-state index is -4.58. The highest BCUT2D eigenvalue weighted by molar-refractivity contribution is 6.08. The molecule has 0 spiro atoms. The number of anilines is 3. The molecule has 3 rings (SSSR count). The first kappa shape index (κ1) is 22.7. The second kappa shape index (κ2) is 9.46. The highest BCUT2D eigenvalue weighted by atomic mass is 19.4. The average molecular weight is 447 g/mol. The molecule has 0 aliphatic carbocycles. The standard InChI is InChI=1S/C22H20F3N3O4/c1-30-17-10-14(11-18(31-2)20(17)32-3)28-21(29)15-6-4-5-7-16(15)27-13-8-9-26-19(12-13)22(23,24)25/h4-12H,1-3H3,(H,26,27)(H,28,29). The highest BCUT2D eigenvalue weighted by Gasteiger charge is 2.32. The van der Waals surface area contributed by atoms with Gasteiger partial charge in [-0.05, 0) is 24.3 Å². The van der Waals surface area contributed by atoms with E-state index in [2.05, 4.69) is 15.6 Å². The molecular formula is C22H20F3N3O4. The maximum absolute atomic E-state index is 13.0. The molecule has 0 fully saturated rings. The van der Waals surface area contributed by atoms with E-state index in [1.54, 1.807) is 36.4 Å². The monoisotopic (exact) mass is 447 g/mol. The molecule has 168 valence electrons. The fourth-order valence-corrected chi connectivity index (χ4v) is 2.96. The summed E-state index contributed by atoms with van der Waals surface area (Å²) in [5, 5.41) is 5.58. The van der Waals surface area contributed by atoms with E-state index < -0.39 is 17.8 Å². The van der Waals surface area contributed by atoms with Crippen LogP contribution < -0.4 is 24.8 Å². The summed E-state index contributed by atoms with van der Waals surface area (Å²) in [6, 6.07) is 11.8. The van der Waals surface area contributed by atoms with E-state index in [1.165, 1.54) is 27.4 Å². The number of para-hydroxylation sites is 1. The number of methoxy groups -OCH3 is 3. The normalized spacial score (nSPS) is 10.9. The number of nitrogens with one attached hydrogen (secondary N) is 2. The number of hydrogen-bond acceptors (Lipinski definition) is 6. The van der Waals surface area contributed by atoms with Gasteiger partial charge in [0, 0.05) is 29.7 Å². The lowest BCUT2D eigenvalue weighted by atomic mass is 10.1. The third-order valence-electron chi connectivity index (χ3n) is 4.42. The van der Waals surface area contributed by atoms with Crippen molar-refractivity contribution in [3.05, 3.63) is 66.0 Å². The molecule has 32 heavy (non-hydrogen) atoms. The second-order valence-corrected chi connectivity index (χ2v) is 6.47. The second-order valence-electron chi connectivity index (χ2n) is 6.47. The first-order valence-electron chi connectivity index (χ1n) is 9.27. The zero-order valence-corrected chi connectivity index (χ0v) is 17.4. The number of nitrogens with zero attached hydrogens (tertiary/aromatic N) is 1. The van der Waals surface area contributed by atoms with Crippen molar-refractivity contribution in [1.82, 2.24) is 4.98 Å². The average Bonchev–Trinajstić information content (AvgIpc) is 2.78. The van der Waals surface area contributed by atoms with Crippen molar-refractivity contribution >= 4 is 23.0 Å². The molecule has 0 bridgehead atoms. The summed E-state index contributed by atoms with van der Waals surface area (Å²) in [6.07, 6.45) is -3.54. The van der Waals surface area contributed by atoms with Gasteiger partial charge in [-0.3, -0.25) is 9.78 Å². The van der Waals surface area contributed by atoms with Crippen molar-refractivity contribution in [2.45, 2.75) is 6.18 Å². The Morgan fingerprint density at radius 1 is 0.906 bits per heavy atom. The van der Waals surface area contributed by atoms with Gasteiger partial charge in [-0.1, -0.05) is 12.1 Å². The van der Waals surface area contributed by atoms with Crippen molar-refractivity contribution in [2.75, 3.05) is 32.0 Å². The topological polar surface area (TPSA) is 81.7 Å². The Morgan fingerprint density at radius 2 is 1.56 bits per heavy atom. The van der Waals surface area contributed by atoms with Gasteiger partial charge >= 0.3 is 6.18 Å². The Morgan fingerprint density at radius 3 is 2.16 bits per heavy atom. The number of ether oxygens (including phenoxy) is 3. The number of amides is 1. The van der Waals surface area contributed by atoms with E-state index in [9.17, 15) is 18.0 Å². The summed E-state index contributed by atoms with van der Waals surface area (Å²) in [4.78, 5) is 16.3. The van der Waals surface area contributed by atoms with Gasteiger partial charge in [0.2, 0.25) is 5.75 Å². The molecule has 0 unspecified atom stereocenters. The number of alkyl halides is 3. The molecular weight excluding hydrogens is 427 g/mol. The predicted molar refractivity (Wildman–Crippen MR) is 113 cm³/mol. The molecule has 0 aliphatic rings. The van der Waals surface area contributed by atoms with Crippen LogP contribution >= 0.6 is 0 Å². The number of benzene rings is 2. The van der Waals surface area contributed by atoms with Crippen LogP contribution in [-0.4, -0.2) is 32.2 Å². The summed E-state index contributed by atoms with van der Waals surface area (Å²) in [6.45, 7) is 0. The van der Waals surface area contributed by atoms with E-state index in [0.717, 1.165) is 12.3 Å². The fraction of sp³-hybridized carbons (Fsp3) is 0.182. The Labute approximate surface area is 182 Å². The van der Waals surface area contributed by atoms with E-state index in [4.69, 9.17) is 14.2 Å². The van der Waals surface area contributed by atoms with Gasteiger partial charge in [-0.15, -0.1) is 0 Å². The minimum Gasteiger partial charge on any atom is -0.493 e. The van der Waals surface area contributed by atoms with Gasteiger partial charge in [0.05, 0.1) is 32.6 Å². The van der Waals surface area contributed by atoms with E-state index >= 15 is 0 Å². The zero-order valence-electron chi connectivity index (χ0n) is 17.4. The molecule has 1 aromatic heterocycles. The number of aromatic nitrogens is 1. The molecule has 0 saturated heterocycles. The van der Waals surface area contributed by atoms with Gasteiger partial charge < -0.3 is 24.8 Å². The van der Waals surface area contributed by atoms with Crippen LogP contribution in [0.1, 0.15) is 16.1 Å². The molecule has 1 amide bonds. The van der Waals surface area contributed by atoms with Crippen molar-refractivity contribution in [3.8, 4) is 17.2 Å². The number of rotatable bonds is 7. The van der Waals surface area contributed by atoms with Gasteiger partial charge in [0.15, 0.2) is 11.5 Å². The summed E-state index contributed by atoms with van der Waals surface area (Å²) in [7, 11) is 4.36. The van der Waals surface area contributed by atoms with Crippen molar-refractivity contribution in [3.63, 3.8) is 0 Å². The lowest BCUT2D eigenvalue weighted by molar-refractivity contribution is -0.141. The maximum atomic E-state index is 13.0. The van der Waals surface area contributed by atoms with Crippen molar-refractivity contribution in [1.29, 1.82) is 0 Å². The Kier molecular flexibility index (Phi) is 6.72. The summed E-state index contributed by atoms with van der Waals surface area (Å²) >= 11 is 0. The van der Waals surface area contributed by atoms with Crippen LogP contribution in [0.5, 0.6) is 17.2 Å². The molecule has 10 heteroatoms. The highest BCUT2D eigenvalue weighted by Crippen LogP contribution is 2.40. The Hall–Kier alpha value is -3.95. The number of carbonyl (C=O) groups excluding carboxylic acids is 1. The predicted octanol–water partition coefficient (Wildman–Crippen LogP) is 5.12. The summed E-state index contributed by atoms with van der Waals surface area (Å²) < 4.78 is 54.7. The number of halogens is 3. The number of carbonyl (C=O) groups is 1. The van der Waals surface area contributed by atoms with E-state index in [1.807, 2.05) is 0 Å². The van der Waals surface area contributed by atoms with Gasteiger partial charge in [-0.2, -0.15) is 13.2 Å². The molecule has 0 aliphatic heterocycles. The fourth-order valence-electron chi connectivity index (χ4n) is 2.96. The summed E-state index contributed by atoms with van der Waals surface area (Å²) in [5.41, 5.74) is 0.00757. The molecule has 0 saturated carbocycles. The minimum absolute atomic E-state index is 0.139. The van der Waals surface area contributed by atoms with Crippen LogP contribution in [-0.2, 0) is 6.18 Å². The Balaban J connectivity index is 1.89. The first-order chi connectivity index (χ1) is 15.3. The molecule has 1 heterocycles. The van der Waals surface area contributed by atoms with Crippen LogP contribution in [0.2, 0.25) is 0 Å². The van der Waals surface area contributed by atoms with Crippen molar-refractivity contribution in [2.24, 2.45) is 0 Å². The molecule has 7 nitrogen and oxygen atoms in total. The van der Waals surface area contributed by atoms with Gasteiger partial charge in [-0.25, -0.2) is 0 Å². The number of pyridine rings is 1. The third kappa shape index (κ3) is 5.02. The van der Waals surface area contributed by atoms with Crippen LogP contribution in [0.25, 0.3) is 0 Å². The van der Waals surface area contributed by atoms with Gasteiger partial charge in [0.1, 0.15) is 5.69 Å². The zero-order chi connectivity index (χ0) is 23.3. The van der Waals surface area contributed by atoms with Crippen LogP contribution in [0.4, 0.5) is 30.2 Å². The smallest absolute Gasteiger partial charge is 0.433 e. The van der Waals surface area contributed by atoms with Gasteiger partial charge in [0.25, 0.3) is 5.91 Å². The molecule has 2 N–H and O–H groups in total. The third-order valence-corrected chi connectivity index (χ3v) is 4.42. The van der Waals surface area contributed by atoms with Crippen LogP contribution in [0.3, 0.4) is 0 Å². The lowest BCUT2D eigenvalue weighted by Gasteiger charge is -2.16. The summed E-state index contributed by atoms with van der Waals surface area (Å²) in [5.74, 6) is 0.579. The van der Waals surface area contributed by atoms with E-state index in [-0.39, 0.29) is 11.3 Å². The molecule has 0 radical (unpaired) electrons. The van der Waals surface area contributed by atoms with Crippen LogP contribution in [0, 0.1) is 0 Å². The molecule has 0 atom stereocenters. The van der Waals surface area contributed by atoms with Crippen molar-refractivity contribution < 1.29 is 32.2 Å². The quantitative estimate of drug-likeness (QED) is 0.523. The first-order valence-corrected chi connectivity index (χ1v) is 9.27.